The maximum absolute atomic E-state index is 12.8. The van der Waals surface area contributed by atoms with Crippen molar-refractivity contribution in [3.05, 3.63) is 30.3 Å². The molecular weight excluding hydrogens is 374 g/mol. The van der Waals surface area contributed by atoms with Crippen LogP contribution in [0.1, 0.15) is 38.5 Å². The number of aliphatic hydroxyl groups is 1. The number of rotatable bonds is 5. The second-order valence-corrected chi connectivity index (χ2v) is 8.87. The average Bonchev–Trinajstić information content (AvgIpc) is 3.13. The Kier molecular flexibility index (Phi) is 4.20. The Bertz CT molecular complexity index is 927. The Morgan fingerprint density at radius 2 is 1.86 bits per heavy atom. The molecule has 1 amide bonds. The van der Waals surface area contributed by atoms with E-state index in [0.717, 1.165) is 37.7 Å². The van der Waals surface area contributed by atoms with Gasteiger partial charge in [-0.1, -0.05) is 23.3 Å². The molecule has 29 heavy (non-hydrogen) atoms. The number of carbonyl (C=O) groups is 2. The molecule has 0 saturated heterocycles. The Morgan fingerprint density at radius 1 is 1.14 bits per heavy atom. The van der Waals surface area contributed by atoms with Crippen molar-refractivity contribution in [1.82, 2.24) is 10.2 Å². The van der Waals surface area contributed by atoms with Crippen molar-refractivity contribution in [3.8, 4) is 11.5 Å². The van der Waals surface area contributed by atoms with Gasteiger partial charge in [0.15, 0.2) is 6.61 Å². The van der Waals surface area contributed by atoms with E-state index in [1.165, 1.54) is 0 Å². The lowest BCUT2D eigenvalue weighted by atomic mass is 9.48. The van der Waals surface area contributed by atoms with Gasteiger partial charge in [0, 0.05) is 5.56 Å². The van der Waals surface area contributed by atoms with E-state index in [1.807, 2.05) is 30.3 Å². The fourth-order valence-corrected chi connectivity index (χ4v) is 5.86. The Balaban J connectivity index is 1.18. The molecule has 0 radical (unpaired) electrons. The molecule has 4 fully saturated rings. The minimum absolute atomic E-state index is 0.0472. The lowest BCUT2D eigenvalue weighted by molar-refractivity contribution is -0.196. The summed E-state index contributed by atoms with van der Waals surface area (Å²) in [5.41, 5.74) is -0.654. The average molecular weight is 397 g/mol. The minimum Gasteiger partial charge on any atom is -0.455 e. The summed E-state index contributed by atoms with van der Waals surface area (Å²) in [7, 11) is 0. The lowest BCUT2D eigenvalue weighted by Crippen LogP contribution is -2.58. The molecule has 8 nitrogen and oxygen atoms in total. The highest BCUT2D eigenvalue weighted by atomic mass is 16.5. The van der Waals surface area contributed by atoms with Crippen molar-refractivity contribution in [2.45, 2.75) is 44.1 Å². The molecule has 1 heterocycles. The van der Waals surface area contributed by atoms with E-state index >= 15 is 0 Å². The second-order valence-electron chi connectivity index (χ2n) is 8.87. The number of nitrogens with one attached hydrogen (secondary N) is 1. The third kappa shape index (κ3) is 3.42. The Hall–Kier alpha value is -2.74. The summed E-state index contributed by atoms with van der Waals surface area (Å²) in [5, 5.41) is 20.9. The third-order valence-electron chi connectivity index (χ3n) is 6.49. The molecule has 4 aliphatic rings. The topological polar surface area (TPSA) is 115 Å². The molecule has 4 aliphatic carbocycles. The molecule has 2 aromatic rings. The van der Waals surface area contributed by atoms with Gasteiger partial charge in [-0.2, -0.15) is 0 Å². The summed E-state index contributed by atoms with van der Waals surface area (Å²) in [4.78, 5) is 25.0. The molecule has 4 bridgehead atoms. The van der Waals surface area contributed by atoms with Crippen LogP contribution in [0.3, 0.4) is 0 Å². The van der Waals surface area contributed by atoms with E-state index in [-0.39, 0.29) is 12.0 Å². The number of hydrogen-bond acceptors (Lipinski definition) is 7. The SMILES string of the molecule is O=C(COC(=O)C12CC3CC(CC(O)(C3)C1)C2)Nc1nnc(-c2ccccc2)o1. The van der Waals surface area contributed by atoms with Crippen molar-refractivity contribution in [2.24, 2.45) is 17.3 Å². The van der Waals surface area contributed by atoms with Gasteiger partial charge in [-0.25, -0.2) is 0 Å². The molecule has 1 aromatic carbocycles. The van der Waals surface area contributed by atoms with E-state index in [0.29, 0.717) is 24.1 Å². The third-order valence-corrected chi connectivity index (χ3v) is 6.49. The number of benzene rings is 1. The van der Waals surface area contributed by atoms with Crippen LogP contribution in [0, 0.1) is 17.3 Å². The van der Waals surface area contributed by atoms with E-state index < -0.39 is 23.5 Å². The number of anilines is 1. The first-order chi connectivity index (χ1) is 13.9. The number of hydrogen-bond donors (Lipinski definition) is 2. The first kappa shape index (κ1) is 18.3. The van der Waals surface area contributed by atoms with E-state index in [1.54, 1.807) is 0 Å². The lowest BCUT2D eigenvalue weighted by Gasteiger charge is -2.58. The molecule has 8 heteroatoms. The molecule has 2 unspecified atom stereocenters. The predicted octanol–water partition coefficient (Wildman–Crippen LogP) is 2.55. The van der Waals surface area contributed by atoms with Crippen LogP contribution < -0.4 is 5.32 Å². The van der Waals surface area contributed by atoms with E-state index in [9.17, 15) is 14.7 Å². The number of amides is 1. The van der Waals surface area contributed by atoms with Gasteiger partial charge in [0.25, 0.3) is 5.91 Å². The fourth-order valence-electron chi connectivity index (χ4n) is 5.86. The van der Waals surface area contributed by atoms with Crippen LogP contribution in [-0.2, 0) is 14.3 Å². The molecule has 2 N–H and O–H groups in total. The summed E-state index contributed by atoms with van der Waals surface area (Å²) in [6.07, 6.45) is 4.57. The van der Waals surface area contributed by atoms with Gasteiger partial charge in [-0.05, 0) is 62.5 Å². The normalized spacial score (nSPS) is 32.2. The highest BCUT2D eigenvalue weighted by Crippen LogP contribution is 2.61. The monoisotopic (exact) mass is 397 g/mol. The highest BCUT2D eigenvalue weighted by Gasteiger charge is 2.60. The van der Waals surface area contributed by atoms with Crippen LogP contribution >= 0.6 is 0 Å². The number of aromatic nitrogens is 2. The molecule has 4 saturated carbocycles. The first-order valence-corrected chi connectivity index (χ1v) is 10.0. The van der Waals surface area contributed by atoms with Gasteiger partial charge in [0.05, 0.1) is 11.0 Å². The van der Waals surface area contributed by atoms with Crippen LogP contribution in [0.15, 0.2) is 34.7 Å². The van der Waals surface area contributed by atoms with Gasteiger partial charge >= 0.3 is 12.0 Å². The summed E-state index contributed by atoms with van der Waals surface area (Å²) in [5.74, 6) is 0.121. The Morgan fingerprint density at radius 3 is 2.55 bits per heavy atom. The maximum atomic E-state index is 12.8. The smallest absolute Gasteiger partial charge is 0.322 e. The largest absolute Gasteiger partial charge is 0.455 e. The summed E-state index contributed by atoms with van der Waals surface area (Å²) >= 11 is 0. The molecule has 2 atom stereocenters. The summed E-state index contributed by atoms with van der Waals surface area (Å²) in [6.45, 7) is -0.419. The van der Waals surface area contributed by atoms with Crippen molar-refractivity contribution in [3.63, 3.8) is 0 Å². The maximum Gasteiger partial charge on any atom is 0.322 e. The molecule has 152 valence electrons. The molecule has 0 aliphatic heterocycles. The minimum atomic E-state index is -0.747. The zero-order chi connectivity index (χ0) is 20.1. The molecule has 0 spiro atoms. The van der Waals surface area contributed by atoms with Crippen LogP contribution in [0.25, 0.3) is 11.5 Å². The number of esters is 1. The quantitative estimate of drug-likeness (QED) is 0.745. The summed E-state index contributed by atoms with van der Waals surface area (Å²) in [6, 6.07) is 9.16. The predicted molar refractivity (Wildman–Crippen MR) is 101 cm³/mol. The number of nitrogens with zero attached hydrogens (tertiary/aromatic N) is 2. The zero-order valence-electron chi connectivity index (χ0n) is 16.0. The summed E-state index contributed by atoms with van der Waals surface area (Å²) < 4.78 is 10.8. The van der Waals surface area contributed by atoms with Crippen LogP contribution in [-0.4, -0.2) is 39.4 Å². The van der Waals surface area contributed by atoms with Crippen molar-refractivity contribution >= 4 is 17.9 Å². The molecule has 6 rings (SSSR count). The van der Waals surface area contributed by atoms with Crippen LogP contribution in [0.5, 0.6) is 0 Å². The standard InChI is InChI=1S/C21H23N3O5/c25-16(22-19-24-23-17(29-19)15-4-2-1-3-5-15)11-28-18(26)20-7-13-6-14(8-20)10-21(27,9-13)12-20/h1-5,13-14,27H,6-12H2,(H,22,24,25). The van der Waals surface area contributed by atoms with Gasteiger partial charge in [0.1, 0.15) is 0 Å². The van der Waals surface area contributed by atoms with E-state index in [4.69, 9.17) is 9.15 Å². The highest BCUT2D eigenvalue weighted by molar-refractivity contribution is 5.91. The number of ether oxygens (including phenoxy) is 1. The number of carbonyl (C=O) groups excluding carboxylic acids is 2. The molecular formula is C21H23N3O5. The first-order valence-electron chi connectivity index (χ1n) is 10.0. The van der Waals surface area contributed by atoms with E-state index in [2.05, 4.69) is 15.5 Å². The zero-order valence-corrected chi connectivity index (χ0v) is 16.0. The second kappa shape index (κ2) is 6.66. The van der Waals surface area contributed by atoms with Crippen molar-refractivity contribution in [1.29, 1.82) is 0 Å². The van der Waals surface area contributed by atoms with Gasteiger partial charge in [0.2, 0.25) is 5.89 Å². The van der Waals surface area contributed by atoms with Gasteiger partial charge in [-0.3, -0.25) is 14.9 Å². The fraction of sp³-hybridized carbons (Fsp3) is 0.524. The van der Waals surface area contributed by atoms with Crippen molar-refractivity contribution < 1.29 is 23.8 Å². The van der Waals surface area contributed by atoms with Gasteiger partial charge in [-0.15, -0.1) is 5.10 Å². The Labute approximate surface area is 167 Å². The molecule has 1 aromatic heterocycles. The van der Waals surface area contributed by atoms with Crippen LogP contribution in [0.2, 0.25) is 0 Å². The van der Waals surface area contributed by atoms with Crippen LogP contribution in [0.4, 0.5) is 6.01 Å². The van der Waals surface area contributed by atoms with Crippen molar-refractivity contribution in [2.75, 3.05) is 11.9 Å². The van der Waals surface area contributed by atoms with Gasteiger partial charge < -0.3 is 14.3 Å².